The number of piperidine rings is 1. The molecular weight excluding hydrogens is 818 g/mol. The summed E-state index contributed by atoms with van der Waals surface area (Å²) >= 11 is 0. The highest BCUT2D eigenvalue weighted by molar-refractivity contribution is 6.01. The van der Waals surface area contributed by atoms with Crippen LogP contribution in [0, 0.1) is 30.5 Å². The predicted molar refractivity (Wildman–Crippen MR) is 243 cm³/mol. The van der Waals surface area contributed by atoms with Crippen LogP contribution < -0.4 is 16.0 Å². The molecule has 64 heavy (non-hydrogen) atoms. The van der Waals surface area contributed by atoms with Crippen molar-refractivity contribution in [2.75, 3.05) is 31.6 Å². The summed E-state index contributed by atoms with van der Waals surface area (Å²) in [6.07, 6.45) is 3.32. The highest BCUT2D eigenvalue weighted by Gasteiger charge is 2.32. The smallest absolute Gasteiger partial charge is 0.410 e. The zero-order chi connectivity index (χ0) is 46.2. The summed E-state index contributed by atoms with van der Waals surface area (Å²) in [6, 6.07) is 17.0. The number of hydrogen-bond acceptors (Lipinski definition) is 10. The number of Topliss-reactive ketones (excluding diaryl/α,β-unsaturated/α-hetero) is 1. The van der Waals surface area contributed by atoms with Crippen molar-refractivity contribution >= 4 is 41.3 Å². The molecule has 3 aromatic rings. The van der Waals surface area contributed by atoms with Crippen LogP contribution in [0.1, 0.15) is 114 Å². The molecule has 1 aliphatic carbocycles. The average molecular weight is 880 g/mol. The lowest BCUT2D eigenvalue weighted by molar-refractivity contribution is -0.129. The normalized spacial score (nSPS) is 18.4. The van der Waals surface area contributed by atoms with Gasteiger partial charge < -0.3 is 30.3 Å². The van der Waals surface area contributed by atoms with E-state index in [0.29, 0.717) is 84.7 Å². The molecule has 1 atom stereocenters. The summed E-state index contributed by atoms with van der Waals surface area (Å²) in [5.41, 5.74) is 2.84. The fourth-order valence-electron chi connectivity index (χ4n) is 8.32. The van der Waals surface area contributed by atoms with E-state index in [4.69, 9.17) is 9.47 Å². The molecule has 2 aliphatic heterocycles. The fourth-order valence-corrected chi connectivity index (χ4v) is 8.32. The van der Waals surface area contributed by atoms with Gasteiger partial charge in [-0.2, -0.15) is 5.11 Å². The molecule has 15 heteroatoms. The van der Waals surface area contributed by atoms with E-state index in [1.54, 1.807) is 59.5 Å². The number of hydrogen-bond donors (Lipinski definition) is 3. The second kappa shape index (κ2) is 20.7. The van der Waals surface area contributed by atoms with Crippen molar-refractivity contribution in [1.82, 2.24) is 15.5 Å². The van der Waals surface area contributed by atoms with Crippen LogP contribution in [0.3, 0.4) is 0 Å². The van der Waals surface area contributed by atoms with Gasteiger partial charge in [0.15, 0.2) is 12.5 Å². The molecule has 14 nitrogen and oxygen atoms in total. The van der Waals surface area contributed by atoms with Gasteiger partial charge in [-0.15, -0.1) is 5.11 Å². The number of benzene rings is 3. The minimum atomic E-state index is -0.777. The number of carbonyl (C=O) groups excluding carboxylic acids is 5. The van der Waals surface area contributed by atoms with Crippen LogP contribution in [-0.2, 0) is 25.5 Å². The van der Waals surface area contributed by atoms with Gasteiger partial charge in [0.1, 0.15) is 22.8 Å². The van der Waals surface area contributed by atoms with Gasteiger partial charge in [0.2, 0.25) is 5.91 Å². The zero-order valence-corrected chi connectivity index (χ0v) is 38.1. The number of nitrogens with one attached hydrogen (secondary N) is 3. The van der Waals surface area contributed by atoms with Gasteiger partial charge in [0, 0.05) is 66.3 Å². The maximum absolute atomic E-state index is 16.1. The lowest BCUT2D eigenvalue weighted by atomic mass is 9.77. The first-order chi connectivity index (χ1) is 30.3. The van der Waals surface area contributed by atoms with Gasteiger partial charge in [0.05, 0.1) is 0 Å². The van der Waals surface area contributed by atoms with E-state index in [-0.39, 0.29) is 61.1 Å². The van der Waals surface area contributed by atoms with E-state index in [1.165, 1.54) is 6.07 Å². The lowest BCUT2D eigenvalue weighted by Gasteiger charge is -2.33. The fraction of sp³-hybridized carbons (Fsp3) is 0.510. The van der Waals surface area contributed by atoms with Gasteiger partial charge in [-0.1, -0.05) is 18.2 Å². The minimum absolute atomic E-state index is 0.0123. The molecule has 3 aromatic carbocycles. The summed E-state index contributed by atoms with van der Waals surface area (Å²) in [5.74, 6) is -1.35. The number of likely N-dealkylation sites (tertiary alicyclic amines) is 1. The summed E-state index contributed by atoms with van der Waals surface area (Å²) in [7, 11) is 0. The summed E-state index contributed by atoms with van der Waals surface area (Å²) in [6.45, 7) is 14.5. The number of carbonyl (C=O) groups is 5. The van der Waals surface area contributed by atoms with Crippen LogP contribution in [0.2, 0.25) is 0 Å². The lowest BCUT2D eigenvalue weighted by Crippen LogP contribution is -2.47. The molecule has 6 rings (SSSR count). The second-order valence-electron chi connectivity index (χ2n) is 19.2. The quantitative estimate of drug-likeness (QED) is 0.153. The molecule has 0 aromatic heterocycles. The van der Waals surface area contributed by atoms with Crippen molar-refractivity contribution in [1.29, 1.82) is 0 Å². The Morgan fingerprint density at radius 2 is 1.50 bits per heavy atom. The number of rotatable bonds is 13. The number of azo groups is 1. The first-order valence-electron chi connectivity index (χ1n) is 22.3. The Balaban J connectivity index is 1.09. The number of amides is 4. The number of amidine groups is 1. The second-order valence-corrected chi connectivity index (χ2v) is 19.2. The molecule has 2 heterocycles. The Morgan fingerprint density at radius 3 is 2.11 bits per heavy atom. The predicted octanol–water partition coefficient (Wildman–Crippen LogP) is 9.19. The number of ether oxygens (including phenoxy) is 2. The molecule has 0 unspecified atom stereocenters. The molecule has 3 N–H and O–H groups in total. The van der Waals surface area contributed by atoms with Gasteiger partial charge in [0.25, 0.3) is 5.91 Å². The number of anilines is 1. The minimum Gasteiger partial charge on any atom is -0.444 e. The van der Waals surface area contributed by atoms with Crippen molar-refractivity contribution in [2.24, 2.45) is 33.0 Å². The number of aryl methyl sites for hydroxylation is 1. The third-order valence-electron chi connectivity index (χ3n) is 11.7. The molecule has 1 saturated heterocycles. The first kappa shape index (κ1) is 47.5. The van der Waals surface area contributed by atoms with Gasteiger partial charge in [-0.05, 0) is 158 Å². The van der Waals surface area contributed by atoms with Crippen molar-refractivity contribution < 1.29 is 37.8 Å². The maximum Gasteiger partial charge on any atom is 0.410 e. The zero-order valence-electron chi connectivity index (χ0n) is 38.1. The van der Waals surface area contributed by atoms with Gasteiger partial charge >= 0.3 is 12.2 Å². The summed E-state index contributed by atoms with van der Waals surface area (Å²) in [5, 5.41) is 16.8. The maximum atomic E-state index is 16.1. The molecular formula is C49H62FN7O7. The van der Waals surface area contributed by atoms with Gasteiger partial charge in [-0.25, -0.2) is 19.0 Å². The van der Waals surface area contributed by atoms with E-state index in [0.717, 1.165) is 18.4 Å². The van der Waals surface area contributed by atoms with Crippen LogP contribution >= 0.6 is 0 Å². The number of nitrogens with zero attached hydrogens (tertiary/aromatic N) is 4. The SMILES string of the molecule is Cc1cc(C(=O)NC2CCN(C(=O)OC(C)(C)C)CC2)ccc1-c1ccc(C[C@H](CC(=O)C2CCC(CNC(=O)OC(C)(C)C)CC2)C(=O)Nc2ccc(C3=NCN=N3)cc2)cc1F. The molecule has 342 valence electrons. The number of ketones is 1. The average Bonchev–Trinajstić information content (AvgIpc) is 3.78. The Morgan fingerprint density at radius 1 is 0.828 bits per heavy atom. The molecule has 1 saturated carbocycles. The van der Waals surface area contributed by atoms with E-state index in [9.17, 15) is 24.0 Å². The monoisotopic (exact) mass is 879 g/mol. The third kappa shape index (κ3) is 13.5. The van der Waals surface area contributed by atoms with Crippen LogP contribution in [-0.4, -0.2) is 84.1 Å². The van der Waals surface area contributed by atoms with Gasteiger partial charge in [-0.3, -0.25) is 14.4 Å². The molecule has 0 spiro atoms. The van der Waals surface area contributed by atoms with Crippen LogP contribution in [0.4, 0.5) is 19.7 Å². The summed E-state index contributed by atoms with van der Waals surface area (Å²) in [4.78, 5) is 71.7. The Bertz CT molecular complexity index is 2250. The highest BCUT2D eigenvalue weighted by Crippen LogP contribution is 2.33. The third-order valence-corrected chi connectivity index (χ3v) is 11.7. The molecule has 3 aliphatic rings. The standard InChI is InChI=1S/C49H62FN7O7/c1-30-24-35(44(59)55-38-20-22-57(23-21-38)47(62)64-49(5,6)7)15-19-39(30)40-18-10-32(26-41(40)50)25-36(45(60)54-37-16-13-34(14-17-37)43-52-29-53-56-43)27-42(58)33-11-8-31(9-12-33)28-51-46(61)63-48(2,3)4/h10,13-19,24,26,31,33,36,38H,8-9,11-12,20-23,25,27-29H2,1-7H3,(H,51,61)(H,54,60)(H,55,59)/t31?,33?,36-/m1/s1. The Kier molecular flexibility index (Phi) is 15.3. The topological polar surface area (TPSA) is 180 Å². The molecule has 0 bridgehead atoms. The Hall–Kier alpha value is -5.99. The number of aliphatic imine (C=N–C) groups is 1. The van der Waals surface area contributed by atoms with E-state index in [2.05, 4.69) is 31.2 Å². The number of alkyl carbamates (subject to hydrolysis) is 1. The van der Waals surface area contributed by atoms with E-state index in [1.807, 2.05) is 48.5 Å². The van der Waals surface area contributed by atoms with Crippen molar-refractivity contribution in [2.45, 2.75) is 117 Å². The number of halogens is 1. The van der Waals surface area contributed by atoms with Crippen LogP contribution in [0.5, 0.6) is 0 Å². The van der Waals surface area contributed by atoms with E-state index >= 15 is 4.39 Å². The molecule has 2 fully saturated rings. The van der Waals surface area contributed by atoms with E-state index < -0.39 is 29.0 Å². The highest BCUT2D eigenvalue weighted by atomic mass is 19.1. The van der Waals surface area contributed by atoms with Crippen molar-refractivity contribution in [3.05, 3.63) is 88.7 Å². The summed E-state index contributed by atoms with van der Waals surface area (Å²) < 4.78 is 26.9. The van der Waals surface area contributed by atoms with Crippen molar-refractivity contribution in [3.63, 3.8) is 0 Å². The first-order valence-corrected chi connectivity index (χ1v) is 22.3. The molecule has 0 radical (unpaired) electrons. The Labute approximate surface area is 375 Å². The largest absolute Gasteiger partial charge is 0.444 e. The molecule has 4 amide bonds. The van der Waals surface area contributed by atoms with Crippen LogP contribution in [0.25, 0.3) is 11.1 Å². The van der Waals surface area contributed by atoms with Crippen LogP contribution in [0.15, 0.2) is 75.9 Å². The van der Waals surface area contributed by atoms with Crippen molar-refractivity contribution in [3.8, 4) is 11.1 Å².